The van der Waals surface area contributed by atoms with E-state index in [-0.39, 0.29) is 11.8 Å². The summed E-state index contributed by atoms with van der Waals surface area (Å²) in [5.41, 5.74) is 5.90. The van der Waals surface area contributed by atoms with Gasteiger partial charge in [0.25, 0.3) is 0 Å². The Morgan fingerprint density at radius 3 is 2.81 bits per heavy atom. The van der Waals surface area contributed by atoms with Gasteiger partial charge >= 0.3 is 0 Å². The molecular formula is C23H24N6O2. The summed E-state index contributed by atoms with van der Waals surface area (Å²) < 4.78 is 7.45. The molecule has 1 saturated heterocycles. The van der Waals surface area contributed by atoms with E-state index in [0.717, 1.165) is 35.2 Å². The zero-order valence-electron chi connectivity index (χ0n) is 17.9. The van der Waals surface area contributed by atoms with Crippen LogP contribution in [0.3, 0.4) is 0 Å². The number of aromatic nitrogens is 5. The third kappa shape index (κ3) is 3.48. The van der Waals surface area contributed by atoms with Crippen LogP contribution in [0.15, 0.2) is 40.9 Å². The van der Waals surface area contributed by atoms with E-state index in [1.165, 1.54) is 11.1 Å². The predicted molar refractivity (Wildman–Crippen MR) is 117 cm³/mol. The number of hydrogen-bond donors (Lipinski definition) is 0. The average molecular weight is 416 g/mol. The second-order valence-corrected chi connectivity index (χ2v) is 8.15. The van der Waals surface area contributed by atoms with Gasteiger partial charge in [0.2, 0.25) is 17.6 Å². The Bertz CT molecular complexity index is 1270. The highest BCUT2D eigenvalue weighted by Crippen LogP contribution is 2.33. The number of fused-ring (bicyclic) bond motifs is 1. The third-order valence-electron chi connectivity index (χ3n) is 5.93. The summed E-state index contributed by atoms with van der Waals surface area (Å²) in [6, 6.07) is 11.9. The van der Waals surface area contributed by atoms with Crippen LogP contribution in [0.1, 0.15) is 42.7 Å². The summed E-state index contributed by atoms with van der Waals surface area (Å²) >= 11 is 0. The maximum atomic E-state index is 12.7. The largest absolute Gasteiger partial charge is 0.339 e. The lowest BCUT2D eigenvalue weighted by molar-refractivity contribution is -0.117. The lowest BCUT2D eigenvalue weighted by Gasteiger charge is -2.17. The van der Waals surface area contributed by atoms with Crippen LogP contribution in [0.2, 0.25) is 0 Å². The molecule has 0 bridgehead atoms. The summed E-state index contributed by atoms with van der Waals surface area (Å²) in [5, 5.41) is 12.6. The van der Waals surface area contributed by atoms with Gasteiger partial charge in [-0.2, -0.15) is 4.98 Å². The van der Waals surface area contributed by atoms with Crippen molar-refractivity contribution in [2.24, 2.45) is 0 Å². The van der Waals surface area contributed by atoms with Crippen molar-refractivity contribution in [3.63, 3.8) is 0 Å². The maximum Gasteiger partial charge on any atom is 0.232 e. The molecule has 0 saturated carbocycles. The molecule has 2 aromatic carbocycles. The number of amides is 1. The first kappa shape index (κ1) is 19.4. The second-order valence-electron chi connectivity index (χ2n) is 8.15. The summed E-state index contributed by atoms with van der Waals surface area (Å²) in [7, 11) is 0. The zero-order chi connectivity index (χ0) is 21.5. The average Bonchev–Trinajstić information content (AvgIpc) is 3.49. The predicted octanol–water partition coefficient (Wildman–Crippen LogP) is 4.03. The highest BCUT2D eigenvalue weighted by molar-refractivity contribution is 5.96. The van der Waals surface area contributed by atoms with E-state index >= 15 is 0 Å². The lowest BCUT2D eigenvalue weighted by atomic mass is 10.1. The molecule has 8 nitrogen and oxygen atoms in total. The van der Waals surface area contributed by atoms with Crippen LogP contribution in [0.5, 0.6) is 0 Å². The monoisotopic (exact) mass is 416 g/mol. The topological polar surface area (TPSA) is 89.9 Å². The van der Waals surface area contributed by atoms with Crippen molar-refractivity contribution in [1.82, 2.24) is 25.1 Å². The van der Waals surface area contributed by atoms with Crippen LogP contribution in [0, 0.1) is 13.8 Å². The molecule has 0 spiro atoms. The molecule has 1 atom stereocenters. The van der Waals surface area contributed by atoms with Gasteiger partial charge < -0.3 is 9.42 Å². The van der Waals surface area contributed by atoms with Crippen molar-refractivity contribution in [3.8, 4) is 11.4 Å². The van der Waals surface area contributed by atoms with Crippen LogP contribution in [-0.4, -0.2) is 37.6 Å². The first-order valence-electron chi connectivity index (χ1n) is 10.6. The van der Waals surface area contributed by atoms with Crippen LogP contribution in [0.4, 0.5) is 5.69 Å². The minimum atomic E-state index is -0.121. The number of aryl methyl sites for hydroxylation is 3. The number of anilines is 1. The van der Waals surface area contributed by atoms with Crippen molar-refractivity contribution in [1.29, 1.82) is 0 Å². The first-order valence-corrected chi connectivity index (χ1v) is 10.6. The third-order valence-corrected chi connectivity index (χ3v) is 5.93. The molecule has 1 aliphatic rings. The van der Waals surface area contributed by atoms with Gasteiger partial charge in [-0.1, -0.05) is 23.4 Å². The Labute approximate surface area is 179 Å². The molecule has 158 valence electrons. The van der Waals surface area contributed by atoms with E-state index in [1.54, 1.807) is 4.90 Å². The zero-order valence-corrected chi connectivity index (χ0v) is 17.9. The molecule has 5 rings (SSSR count). The van der Waals surface area contributed by atoms with E-state index in [9.17, 15) is 4.79 Å². The lowest BCUT2D eigenvalue weighted by Crippen LogP contribution is -2.24. The van der Waals surface area contributed by atoms with Gasteiger partial charge in [0.15, 0.2) is 0 Å². The molecule has 8 heteroatoms. The number of rotatable bonds is 5. The summed E-state index contributed by atoms with van der Waals surface area (Å²) in [5.74, 6) is 0.940. The molecular weight excluding hydrogens is 392 g/mol. The maximum absolute atomic E-state index is 12.7. The van der Waals surface area contributed by atoms with Gasteiger partial charge in [-0.05, 0) is 61.7 Å². The number of nitrogens with zero attached hydrogens (tertiary/aromatic N) is 6. The van der Waals surface area contributed by atoms with Crippen LogP contribution in [-0.2, 0) is 11.3 Å². The van der Waals surface area contributed by atoms with E-state index in [4.69, 9.17) is 4.52 Å². The van der Waals surface area contributed by atoms with Gasteiger partial charge in [0, 0.05) is 30.8 Å². The Morgan fingerprint density at radius 2 is 2.00 bits per heavy atom. The molecule has 0 radical (unpaired) electrons. The Hall–Kier alpha value is -3.55. The summed E-state index contributed by atoms with van der Waals surface area (Å²) in [6.45, 7) is 7.59. The van der Waals surface area contributed by atoms with Crippen molar-refractivity contribution in [3.05, 3.63) is 53.4 Å². The quantitative estimate of drug-likeness (QED) is 0.488. The van der Waals surface area contributed by atoms with E-state index in [1.807, 2.05) is 35.0 Å². The van der Waals surface area contributed by atoms with Gasteiger partial charge in [0.05, 0.1) is 11.4 Å². The SMILES string of the molecule is CCCn1nnc2cc(-c3noc(C4CC(=O)N(c5ccc(C)c(C)c5)C4)n3)ccc21. The normalized spacial score (nSPS) is 16.5. The molecule has 0 aliphatic carbocycles. The molecule has 3 heterocycles. The van der Waals surface area contributed by atoms with E-state index < -0.39 is 0 Å². The highest BCUT2D eigenvalue weighted by atomic mass is 16.5. The fourth-order valence-electron chi connectivity index (χ4n) is 4.02. The van der Waals surface area contributed by atoms with Crippen molar-refractivity contribution in [2.75, 3.05) is 11.4 Å². The second kappa shape index (κ2) is 7.61. The number of benzene rings is 2. The van der Waals surface area contributed by atoms with Gasteiger partial charge in [-0.3, -0.25) is 4.79 Å². The van der Waals surface area contributed by atoms with Gasteiger partial charge in [-0.25, -0.2) is 4.68 Å². The van der Waals surface area contributed by atoms with E-state index in [0.29, 0.717) is 24.7 Å². The highest BCUT2D eigenvalue weighted by Gasteiger charge is 2.35. The Morgan fingerprint density at radius 1 is 1.13 bits per heavy atom. The molecule has 31 heavy (non-hydrogen) atoms. The number of carbonyl (C=O) groups is 1. The van der Waals surface area contributed by atoms with Crippen molar-refractivity contribution < 1.29 is 9.32 Å². The molecule has 2 aromatic heterocycles. The number of carbonyl (C=O) groups excluding carboxylic acids is 1. The molecule has 1 amide bonds. The van der Waals surface area contributed by atoms with Crippen LogP contribution < -0.4 is 4.90 Å². The standard InChI is InChI=1S/C23H24N6O2/c1-4-9-29-20-8-6-16(11-19(20)25-27-29)22-24-23(31-26-22)17-12-21(30)28(13-17)18-7-5-14(2)15(3)10-18/h5-8,10-11,17H,4,9,12-13H2,1-3H3. The Balaban J connectivity index is 1.37. The minimum absolute atomic E-state index is 0.0713. The van der Waals surface area contributed by atoms with E-state index in [2.05, 4.69) is 47.3 Å². The van der Waals surface area contributed by atoms with Crippen LogP contribution in [0.25, 0.3) is 22.4 Å². The van der Waals surface area contributed by atoms with Gasteiger partial charge in [0.1, 0.15) is 5.52 Å². The first-order chi connectivity index (χ1) is 15.0. The van der Waals surface area contributed by atoms with Crippen molar-refractivity contribution >= 4 is 22.6 Å². The molecule has 1 aliphatic heterocycles. The minimum Gasteiger partial charge on any atom is -0.339 e. The molecule has 0 N–H and O–H groups in total. The van der Waals surface area contributed by atoms with Crippen molar-refractivity contribution in [2.45, 2.75) is 46.1 Å². The Kier molecular flexibility index (Phi) is 4.77. The fraction of sp³-hybridized carbons (Fsp3) is 0.348. The van der Waals surface area contributed by atoms with Gasteiger partial charge in [-0.15, -0.1) is 5.10 Å². The fourth-order valence-corrected chi connectivity index (χ4v) is 4.02. The molecule has 1 unspecified atom stereocenters. The van der Waals surface area contributed by atoms with Crippen LogP contribution >= 0.6 is 0 Å². The smallest absolute Gasteiger partial charge is 0.232 e. The molecule has 1 fully saturated rings. The summed E-state index contributed by atoms with van der Waals surface area (Å²) in [4.78, 5) is 19.1. The number of hydrogen-bond acceptors (Lipinski definition) is 6. The summed E-state index contributed by atoms with van der Waals surface area (Å²) in [6.07, 6.45) is 1.35. The molecule has 4 aromatic rings.